The number of halogens is 1. The minimum atomic E-state index is -0.302. The summed E-state index contributed by atoms with van der Waals surface area (Å²) < 4.78 is 17.4. The Morgan fingerprint density at radius 1 is 1.00 bits per heavy atom. The Bertz CT molecular complexity index is 1400. The summed E-state index contributed by atoms with van der Waals surface area (Å²) in [6.45, 7) is 8.61. The first kappa shape index (κ1) is 23.2. The third-order valence-electron chi connectivity index (χ3n) is 6.92. The van der Waals surface area contributed by atoms with E-state index in [0.29, 0.717) is 10.8 Å². The lowest BCUT2D eigenvalue weighted by atomic mass is 9.96. The van der Waals surface area contributed by atoms with Crippen LogP contribution in [0.25, 0.3) is 5.69 Å². The third-order valence-corrected chi connectivity index (χ3v) is 7.24. The molecule has 0 spiro atoms. The molecule has 0 radical (unpaired) electrons. The maximum atomic E-state index is 15.1. The maximum absolute atomic E-state index is 15.1. The van der Waals surface area contributed by atoms with Gasteiger partial charge in [0.2, 0.25) is 0 Å². The monoisotopic (exact) mass is 484 g/mol. The second kappa shape index (κ2) is 9.27. The van der Waals surface area contributed by atoms with Gasteiger partial charge >= 0.3 is 0 Å². The third kappa shape index (κ3) is 3.92. The molecule has 1 fully saturated rings. The van der Waals surface area contributed by atoms with Crippen LogP contribution in [-0.4, -0.2) is 14.7 Å². The average Bonchev–Trinajstić information content (AvgIpc) is 3.35. The summed E-state index contributed by atoms with van der Waals surface area (Å²) in [5.74, 6) is -0.302. The minimum Gasteiger partial charge on any atom is -0.351 e. The van der Waals surface area contributed by atoms with Crippen LogP contribution in [0.3, 0.4) is 0 Å². The van der Waals surface area contributed by atoms with Crippen molar-refractivity contribution in [2.24, 2.45) is 0 Å². The average molecular weight is 485 g/mol. The topological polar surface area (TPSA) is 33.1 Å². The van der Waals surface area contributed by atoms with Gasteiger partial charge in [-0.15, -0.1) is 0 Å². The van der Waals surface area contributed by atoms with Crippen molar-refractivity contribution in [3.05, 3.63) is 113 Å². The standard InChI is InChI=1S/C29H29FN4S/c1-5-21-12-10-11-18(2)27(21)33-19(3)17-22(20(33)4)28-26(24-14-8-9-16-31-24)32-29(35)34(28)25-15-7-6-13-23(25)30/h6-17,26,28H,5H2,1-4H3,(H,32,35)/t26-,28-/m0/s1. The molecule has 2 aromatic carbocycles. The van der Waals surface area contributed by atoms with Gasteiger partial charge in [0.15, 0.2) is 5.11 Å². The number of anilines is 1. The van der Waals surface area contributed by atoms with Crippen LogP contribution >= 0.6 is 12.2 Å². The van der Waals surface area contributed by atoms with Crippen molar-refractivity contribution in [3.63, 3.8) is 0 Å². The number of nitrogens with zero attached hydrogens (tertiary/aromatic N) is 3. The lowest BCUT2D eigenvalue weighted by Crippen LogP contribution is -2.30. The highest BCUT2D eigenvalue weighted by atomic mass is 32.1. The van der Waals surface area contributed by atoms with Crippen molar-refractivity contribution in [2.75, 3.05) is 4.90 Å². The molecule has 4 nitrogen and oxygen atoms in total. The van der Waals surface area contributed by atoms with E-state index >= 15 is 4.39 Å². The van der Waals surface area contributed by atoms with Crippen LogP contribution in [0.4, 0.5) is 10.1 Å². The van der Waals surface area contributed by atoms with E-state index in [2.05, 4.69) is 66.8 Å². The molecule has 0 unspecified atom stereocenters. The predicted octanol–water partition coefficient (Wildman–Crippen LogP) is 6.68. The van der Waals surface area contributed by atoms with Crippen LogP contribution in [0, 0.1) is 26.6 Å². The molecular formula is C29H29FN4S. The minimum absolute atomic E-state index is 0.222. The Morgan fingerprint density at radius 2 is 1.77 bits per heavy atom. The van der Waals surface area contributed by atoms with Crippen LogP contribution in [0.2, 0.25) is 0 Å². The van der Waals surface area contributed by atoms with Gasteiger partial charge in [-0.1, -0.05) is 43.3 Å². The number of hydrogen-bond donors (Lipinski definition) is 1. The Kier molecular flexibility index (Phi) is 6.15. The normalized spacial score (nSPS) is 17.6. The Hall–Kier alpha value is -3.51. The fraction of sp³-hybridized carbons (Fsp3) is 0.241. The number of thiocarbonyl (C=S) groups is 1. The van der Waals surface area contributed by atoms with Gasteiger partial charge in [-0.3, -0.25) is 4.98 Å². The Balaban J connectivity index is 1.73. The van der Waals surface area contributed by atoms with Crippen LogP contribution in [0.15, 0.2) is 72.9 Å². The molecule has 0 bridgehead atoms. The molecule has 1 aliphatic rings. The van der Waals surface area contributed by atoms with Gasteiger partial charge in [0.1, 0.15) is 5.82 Å². The molecule has 3 heterocycles. The molecular weight excluding hydrogens is 455 g/mol. The first-order valence-corrected chi connectivity index (χ1v) is 12.4. The summed E-state index contributed by atoms with van der Waals surface area (Å²) in [6, 6.07) is 20.9. The molecule has 1 aliphatic heterocycles. The number of aryl methyl sites for hydroxylation is 3. The molecule has 2 aromatic heterocycles. The van der Waals surface area contributed by atoms with E-state index in [-0.39, 0.29) is 17.9 Å². The highest BCUT2D eigenvalue weighted by molar-refractivity contribution is 7.80. The summed E-state index contributed by atoms with van der Waals surface area (Å²) in [5, 5.41) is 3.93. The fourth-order valence-corrected chi connectivity index (χ4v) is 5.67. The molecule has 35 heavy (non-hydrogen) atoms. The summed E-state index contributed by atoms with van der Waals surface area (Å²) in [5.41, 5.74) is 8.42. The Labute approximate surface area is 211 Å². The zero-order valence-corrected chi connectivity index (χ0v) is 21.2. The molecule has 0 amide bonds. The Morgan fingerprint density at radius 3 is 2.49 bits per heavy atom. The predicted molar refractivity (Wildman–Crippen MR) is 144 cm³/mol. The molecule has 0 saturated carbocycles. The van der Waals surface area contributed by atoms with Crippen LogP contribution in [0.5, 0.6) is 0 Å². The first-order chi connectivity index (χ1) is 16.9. The second-order valence-electron chi connectivity index (χ2n) is 9.05. The van der Waals surface area contributed by atoms with Crippen molar-refractivity contribution < 1.29 is 4.39 Å². The van der Waals surface area contributed by atoms with E-state index in [4.69, 9.17) is 12.2 Å². The first-order valence-electron chi connectivity index (χ1n) is 11.9. The summed E-state index contributed by atoms with van der Waals surface area (Å²) in [6.07, 6.45) is 2.73. The van der Waals surface area contributed by atoms with Crippen molar-refractivity contribution in [3.8, 4) is 5.69 Å². The summed E-state index contributed by atoms with van der Waals surface area (Å²) in [4.78, 5) is 6.54. The smallest absolute Gasteiger partial charge is 0.174 e. The van der Waals surface area contributed by atoms with Gasteiger partial charge in [-0.05, 0) is 86.4 Å². The van der Waals surface area contributed by atoms with Crippen molar-refractivity contribution >= 4 is 23.0 Å². The molecule has 1 N–H and O–H groups in total. The molecule has 2 atom stereocenters. The molecule has 4 aromatic rings. The quantitative estimate of drug-likeness (QED) is 0.321. The number of para-hydroxylation sites is 2. The van der Waals surface area contributed by atoms with Crippen LogP contribution in [-0.2, 0) is 6.42 Å². The number of benzene rings is 2. The molecule has 1 saturated heterocycles. The number of aromatic nitrogens is 2. The van der Waals surface area contributed by atoms with E-state index in [0.717, 1.165) is 29.1 Å². The lowest BCUT2D eigenvalue weighted by Gasteiger charge is -2.28. The van der Waals surface area contributed by atoms with Crippen LogP contribution < -0.4 is 10.2 Å². The van der Waals surface area contributed by atoms with E-state index in [1.165, 1.54) is 22.9 Å². The van der Waals surface area contributed by atoms with Crippen molar-refractivity contribution in [1.82, 2.24) is 14.9 Å². The van der Waals surface area contributed by atoms with E-state index in [1.807, 2.05) is 29.2 Å². The number of rotatable bonds is 5. The van der Waals surface area contributed by atoms with Gasteiger partial charge in [-0.25, -0.2) is 4.39 Å². The van der Waals surface area contributed by atoms with Crippen molar-refractivity contribution in [1.29, 1.82) is 0 Å². The number of pyridine rings is 1. The number of hydrogen-bond acceptors (Lipinski definition) is 2. The van der Waals surface area contributed by atoms with Gasteiger partial charge in [-0.2, -0.15) is 0 Å². The SMILES string of the molecule is CCc1cccc(C)c1-n1c(C)cc([C@H]2[C@H](c3ccccn3)NC(=S)N2c2ccccc2F)c1C. The second-order valence-corrected chi connectivity index (χ2v) is 9.43. The van der Waals surface area contributed by atoms with Crippen molar-refractivity contribution in [2.45, 2.75) is 46.2 Å². The summed E-state index contributed by atoms with van der Waals surface area (Å²) >= 11 is 5.79. The van der Waals surface area contributed by atoms with Crippen LogP contribution in [0.1, 0.15) is 52.8 Å². The van der Waals surface area contributed by atoms with E-state index in [1.54, 1.807) is 18.3 Å². The zero-order chi connectivity index (χ0) is 24.7. The highest BCUT2D eigenvalue weighted by Gasteiger charge is 2.43. The molecule has 6 heteroatoms. The van der Waals surface area contributed by atoms with E-state index < -0.39 is 0 Å². The van der Waals surface area contributed by atoms with Gasteiger partial charge in [0.25, 0.3) is 0 Å². The summed E-state index contributed by atoms with van der Waals surface area (Å²) in [7, 11) is 0. The van der Waals surface area contributed by atoms with Gasteiger partial charge < -0.3 is 14.8 Å². The van der Waals surface area contributed by atoms with Gasteiger partial charge in [0, 0.05) is 17.6 Å². The largest absolute Gasteiger partial charge is 0.351 e. The molecule has 178 valence electrons. The highest BCUT2D eigenvalue weighted by Crippen LogP contribution is 2.44. The molecule has 0 aliphatic carbocycles. The van der Waals surface area contributed by atoms with E-state index in [9.17, 15) is 0 Å². The zero-order valence-electron chi connectivity index (χ0n) is 20.4. The maximum Gasteiger partial charge on any atom is 0.174 e. The fourth-order valence-electron chi connectivity index (χ4n) is 5.33. The number of nitrogens with one attached hydrogen (secondary N) is 1. The van der Waals surface area contributed by atoms with Gasteiger partial charge in [0.05, 0.1) is 29.2 Å². The lowest BCUT2D eigenvalue weighted by molar-refractivity contribution is 0.556. The molecule has 5 rings (SSSR count).